The van der Waals surface area contributed by atoms with Gasteiger partial charge in [0.25, 0.3) is 0 Å². The van der Waals surface area contributed by atoms with Crippen LogP contribution in [0, 0.1) is 5.92 Å². The van der Waals surface area contributed by atoms with Crippen LogP contribution in [0.4, 0.5) is 0 Å². The van der Waals surface area contributed by atoms with E-state index in [1.54, 1.807) is 0 Å². The first-order chi connectivity index (χ1) is 8.31. The maximum Gasteiger partial charge on any atom is 0.0731 e. The number of morpholine rings is 1. The van der Waals surface area contributed by atoms with E-state index >= 15 is 0 Å². The Kier molecular flexibility index (Phi) is 4.83. The summed E-state index contributed by atoms with van der Waals surface area (Å²) in [5.74, 6) is 0.749. The third-order valence-corrected chi connectivity index (χ3v) is 4.79. The highest BCUT2D eigenvalue weighted by Gasteiger charge is 2.40. The average Bonchev–Trinajstić information content (AvgIpc) is 2.84. The normalized spacial score (nSPS) is 31.8. The predicted molar refractivity (Wildman–Crippen MR) is 71.0 cm³/mol. The molecule has 3 heteroatoms. The van der Waals surface area contributed by atoms with E-state index in [4.69, 9.17) is 10.5 Å². The molecule has 1 saturated heterocycles. The van der Waals surface area contributed by atoms with Gasteiger partial charge >= 0.3 is 0 Å². The first kappa shape index (κ1) is 13.3. The van der Waals surface area contributed by atoms with Gasteiger partial charge in [0.05, 0.1) is 12.7 Å². The van der Waals surface area contributed by atoms with E-state index in [1.165, 1.54) is 32.1 Å². The molecule has 3 nitrogen and oxygen atoms in total. The minimum Gasteiger partial charge on any atom is -0.375 e. The third kappa shape index (κ3) is 2.67. The van der Waals surface area contributed by atoms with Crippen LogP contribution in [0.15, 0.2) is 0 Å². The fraction of sp³-hybridized carbons (Fsp3) is 1.00. The maximum absolute atomic E-state index is 6.06. The molecule has 100 valence electrons. The van der Waals surface area contributed by atoms with Crippen LogP contribution in [0.5, 0.6) is 0 Å². The van der Waals surface area contributed by atoms with Crippen molar-refractivity contribution in [2.75, 3.05) is 19.7 Å². The molecule has 2 fully saturated rings. The Morgan fingerprint density at radius 1 is 1.29 bits per heavy atom. The van der Waals surface area contributed by atoms with Crippen molar-refractivity contribution in [2.45, 2.75) is 64.1 Å². The molecular weight excluding hydrogens is 212 g/mol. The molecule has 0 amide bonds. The van der Waals surface area contributed by atoms with Gasteiger partial charge in [-0.05, 0) is 25.2 Å². The Hall–Kier alpha value is -0.120. The Morgan fingerprint density at radius 2 is 2.06 bits per heavy atom. The van der Waals surface area contributed by atoms with Crippen molar-refractivity contribution in [1.29, 1.82) is 0 Å². The summed E-state index contributed by atoms with van der Waals surface area (Å²) in [6, 6.07) is 1.22. The molecule has 1 aliphatic heterocycles. The van der Waals surface area contributed by atoms with E-state index in [0.717, 1.165) is 25.6 Å². The van der Waals surface area contributed by atoms with Crippen LogP contribution < -0.4 is 5.73 Å². The van der Waals surface area contributed by atoms with Crippen molar-refractivity contribution in [3.63, 3.8) is 0 Å². The minimum absolute atomic E-state index is 0.493. The molecule has 0 spiro atoms. The molecule has 17 heavy (non-hydrogen) atoms. The summed E-state index contributed by atoms with van der Waals surface area (Å²) in [6.45, 7) is 7.37. The first-order valence-corrected chi connectivity index (χ1v) is 7.39. The summed E-state index contributed by atoms with van der Waals surface area (Å²) in [5, 5.41) is 0. The Morgan fingerprint density at radius 3 is 2.71 bits per heavy atom. The molecule has 1 saturated carbocycles. The zero-order valence-corrected chi connectivity index (χ0v) is 11.4. The van der Waals surface area contributed by atoms with Crippen molar-refractivity contribution in [3.05, 3.63) is 0 Å². The smallest absolute Gasteiger partial charge is 0.0731 e. The van der Waals surface area contributed by atoms with Gasteiger partial charge in [-0.25, -0.2) is 0 Å². The molecule has 2 aliphatic rings. The molecular formula is C14H28N2O. The number of hydrogen-bond donors (Lipinski definition) is 1. The van der Waals surface area contributed by atoms with E-state index in [1.807, 2.05) is 0 Å². The molecule has 0 aromatic heterocycles. The van der Waals surface area contributed by atoms with Crippen molar-refractivity contribution in [2.24, 2.45) is 11.7 Å². The van der Waals surface area contributed by atoms with Crippen LogP contribution in [0.25, 0.3) is 0 Å². The summed E-state index contributed by atoms with van der Waals surface area (Å²) in [5.41, 5.74) is 6.06. The number of rotatable bonds is 5. The second-order valence-electron chi connectivity index (χ2n) is 5.52. The van der Waals surface area contributed by atoms with E-state index in [2.05, 4.69) is 18.7 Å². The quantitative estimate of drug-likeness (QED) is 0.799. The SMILES string of the molecule is CCC(CC)C(CN)N1CCOC2CCCC21. The summed E-state index contributed by atoms with van der Waals surface area (Å²) in [4.78, 5) is 2.68. The van der Waals surface area contributed by atoms with Crippen LogP contribution in [0.1, 0.15) is 46.0 Å². The second-order valence-corrected chi connectivity index (χ2v) is 5.52. The summed E-state index contributed by atoms with van der Waals surface area (Å²) in [7, 11) is 0. The highest BCUT2D eigenvalue weighted by atomic mass is 16.5. The first-order valence-electron chi connectivity index (χ1n) is 7.39. The lowest BCUT2D eigenvalue weighted by Crippen LogP contribution is -2.57. The van der Waals surface area contributed by atoms with Gasteiger partial charge in [-0.1, -0.05) is 26.7 Å². The van der Waals surface area contributed by atoms with E-state index < -0.39 is 0 Å². The van der Waals surface area contributed by atoms with Gasteiger partial charge < -0.3 is 10.5 Å². The standard InChI is InChI=1S/C14H28N2O/c1-3-11(4-2)13(10-15)16-8-9-17-14-7-5-6-12(14)16/h11-14H,3-10,15H2,1-2H3. The molecule has 0 aromatic carbocycles. The lowest BCUT2D eigenvalue weighted by molar-refractivity contribution is -0.0794. The molecule has 0 aromatic rings. The molecule has 1 aliphatic carbocycles. The Labute approximate surface area is 106 Å². The van der Waals surface area contributed by atoms with Gasteiger partial charge in [-0.2, -0.15) is 0 Å². The highest BCUT2D eigenvalue weighted by molar-refractivity contribution is 4.94. The number of nitrogens with zero attached hydrogens (tertiary/aromatic N) is 1. The van der Waals surface area contributed by atoms with Crippen molar-refractivity contribution >= 4 is 0 Å². The fourth-order valence-corrected chi connectivity index (χ4v) is 3.80. The summed E-state index contributed by atoms with van der Waals surface area (Å²) in [6.07, 6.45) is 6.86. The lowest BCUT2D eigenvalue weighted by atomic mass is 9.91. The largest absolute Gasteiger partial charge is 0.375 e. The molecule has 3 atom stereocenters. The molecule has 2 rings (SSSR count). The highest BCUT2D eigenvalue weighted by Crippen LogP contribution is 2.33. The van der Waals surface area contributed by atoms with Crippen molar-refractivity contribution < 1.29 is 4.74 Å². The fourth-order valence-electron chi connectivity index (χ4n) is 3.80. The van der Waals surface area contributed by atoms with Crippen molar-refractivity contribution in [3.8, 4) is 0 Å². The zero-order valence-electron chi connectivity index (χ0n) is 11.4. The van der Waals surface area contributed by atoms with Gasteiger partial charge in [0.15, 0.2) is 0 Å². The average molecular weight is 240 g/mol. The number of ether oxygens (including phenoxy) is 1. The Balaban J connectivity index is 2.06. The monoisotopic (exact) mass is 240 g/mol. The van der Waals surface area contributed by atoms with Crippen molar-refractivity contribution in [1.82, 2.24) is 4.90 Å². The molecule has 3 unspecified atom stereocenters. The second kappa shape index (κ2) is 6.17. The molecule has 1 heterocycles. The van der Waals surface area contributed by atoms with Crippen LogP contribution in [0.2, 0.25) is 0 Å². The van der Waals surface area contributed by atoms with E-state index in [9.17, 15) is 0 Å². The summed E-state index contributed by atoms with van der Waals surface area (Å²) >= 11 is 0. The van der Waals surface area contributed by atoms with Crippen LogP contribution >= 0.6 is 0 Å². The predicted octanol–water partition coefficient (Wildman–Crippen LogP) is 2.00. The van der Waals surface area contributed by atoms with Crippen LogP contribution in [-0.2, 0) is 4.74 Å². The topological polar surface area (TPSA) is 38.5 Å². The van der Waals surface area contributed by atoms with Gasteiger partial charge in [0, 0.05) is 25.2 Å². The minimum atomic E-state index is 0.493. The molecule has 0 radical (unpaired) electrons. The maximum atomic E-state index is 6.06. The zero-order chi connectivity index (χ0) is 12.3. The number of fused-ring (bicyclic) bond motifs is 1. The van der Waals surface area contributed by atoms with Crippen LogP contribution in [0.3, 0.4) is 0 Å². The van der Waals surface area contributed by atoms with Gasteiger partial charge in [0.2, 0.25) is 0 Å². The molecule has 0 bridgehead atoms. The molecule has 2 N–H and O–H groups in total. The number of nitrogens with two attached hydrogens (primary N) is 1. The van der Waals surface area contributed by atoms with Gasteiger partial charge in [-0.3, -0.25) is 4.90 Å². The lowest BCUT2D eigenvalue weighted by Gasteiger charge is -2.45. The van der Waals surface area contributed by atoms with E-state index in [0.29, 0.717) is 18.2 Å². The summed E-state index contributed by atoms with van der Waals surface area (Å²) < 4.78 is 5.89. The Bertz CT molecular complexity index is 230. The van der Waals surface area contributed by atoms with Gasteiger partial charge in [0.1, 0.15) is 0 Å². The number of hydrogen-bond acceptors (Lipinski definition) is 3. The third-order valence-electron chi connectivity index (χ3n) is 4.79. The van der Waals surface area contributed by atoms with E-state index in [-0.39, 0.29) is 0 Å². The van der Waals surface area contributed by atoms with Crippen LogP contribution in [-0.4, -0.2) is 42.8 Å². The van der Waals surface area contributed by atoms with Gasteiger partial charge in [-0.15, -0.1) is 0 Å².